The molecule has 3 fully saturated rings. The maximum atomic E-state index is 11.5. The number of hydrogen-bond acceptors (Lipinski definition) is 3. The van der Waals surface area contributed by atoms with Gasteiger partial charge in [-0.25, -0.2) is 0 Å². The van der Waals surface area contributed by atoms with Gasteiger partial charge in [0.15, 0.2) is 0 Å². The van der Waals surface area contributed by atoms with Crippen molar-refractivity contribution in [1.29, 1.82) is 0 Å². The van der Waals surface area contributed by atoms with E-state index in [4.69, 9.17) is 0 Å². The predicted octanol–water partition coefficient (Wildman–Crippen LogP) is 3.31. The molecule has 1 N–H and O–H groups in total. The van der Waals surface area contributed by atoms with Crippen molar-refractivity contribution >= 4 is 5.97 Å². The van der Waals surface area contributed by atoms with Crippen LogP contribution in [-0.4, -0.2) is 17.2 Å². The SMILES string of the molecule is C[C@H](C(=O)[O-])[C@@H]1CC[C@H]2[C@@H]3CC=C4C[C@H](O)CC[C@]4(C)[C@@H]3CC[C@@]21C. The number of rotatable bonds is 2. The lowest BCUT2D eigenvalue weighted by molar-refractivity contribution is -0.314. The molecule has 0 radical (unpaired) electrons. The van der Waals surface area contributed by atoms with Crippen molar-refractivity contribution in [3.63, 3.8) is 0 Å². The molecule has 0 aromatic heterocycles. The highest BCUT2D eigenvalue weighted by Gasteiger charge is 2.59. The summed E-state index contributed by atoms with van der Waals surface area (Å²) in [5.74, 6) is 1.14. The summed E-state index contributed by atoms with van der Waals surface area (Å²) in [4.78, 5) is 11.5. The quantitative estimate of drug-likeness (QED) is 0.781. The van der Waals surface area contributed by atoms with Crippen LogP contribution in [0.25, 0.3) is 0 Å². The number of carbonyl (C=O) groups is 1. The highest BCUT2D eigenvalue weighted by Crippen LogP contribution is 2.67. The molecule has 4 aliphatic carbocycles. The molecule has 3 heteroatoms. The van der Waals surface area contributed by atoms with E-state index < -0.39 is 5.97 Å². The lowest BCUT2D eigenvalue weighted by Gasteiger charge is -2.58. The predicted molar refractivity (Wildman–Crippen MR) is 95.4 cm³/mol. The van der Waals surface area contributed by atoms with Crippen LogP contribution < -0.4 is 5.11 Å². The standard InChI is InChI=1S/C22H34O3/c1-13(20(24)25)17-6-7-18-16-5-4-14-12-15(23)8-10-21(14,2)19(16)9-11-22(17,18)3/h4,13,15-19,23H,5-12H2,1-3H3,(H,24,25)/p-1/t13-,15+,16-,17-,18-,19+,21-,22+/m0/s1. The van der Waals surface area contributed by atoms with Crippen molar-refractivity contribution in [2.45, 2.75) is 78.2 Å². The van der Waals surface area contributed by atoms with Gasteiger partial charge in [0, 0.05) is 5.97 Å². The van der Waals surface area contributed by atoms with Crippen molar-refractivity contribution in [3.05, 3.63) is 11.6 Å². The Balaban J connectivity index is 1.63. The molecule has 0 aromatic carbocycles. The lowest BCUT2D eigenvalue weighted by atomic mass is 9.47. The molecule has 3 saturated carbocycles. The van der Waals surface area contributed by atoms with Crippen molar-refractivity contribution in [2.75, 3.05) is 0 Å². The van der Waals surface area contributed by atoms with Crippen LogP contribution in [0, 0.1) is 40.4 Å². The molecule has 0 bridgehead atoms. The zero-order chi connectivity index (χ0) is 18.0. The summed E-state index contributed by atoms with van der Waals surface area (Å²) in [6.07, 6.45) is 11.0. The average Bonchev–Trinajstić information content (AvgIpc) is 2.92. The van der Waals surface area contributed by atoms with Crippen molar-refractivity contribution < 1.29 is 15.0 Å². The van der Waals surface area contributed by atoms with Gasteiger partial charge < -0.3 is 15.0 Å². The number of aliphatic hydroxyl groups is 1. The van der Waals surface area contributed by atoms with Gasteiger partial charge >= 0.3 is 0 Å². The van der Waals surface area contributed by atoms with Crippen LogP contribution in [0.2, 0.25) is 0 Å². The fourth-order valence-corrected chi connectivity index (χ4v) is 7.67. The van der Waals surface area contributed by atoms with Crippen molar-refractivity contribution in [2.24, 2.45) is 40.4 Å². The molecule has 0 heterocycles. The van der Waals surface area contributed by atoms with E-state index in [2.05, 4.69) is 19.9 Å². The van der Waals surface area contributed by atoms with E-state index in [1.165, 1.54) is 18.4 Å². The molecule has 4 aliphatic rings. The van der Waals surface area contributed by atoms with Gasteiger partial charge in [-0.15, -0.1) is 0 Å². The van der Waals surface area contributed by atoms with Crippen LogP contribution in [0.1, 0.15) is 72.1 Å². The number of carboxylic acid groups (broad SMARTS) is 1. The first-order valence-electron chi connectivity index (χ1n) is 10.4. The first-order chi connectivity index (χ1) is 11.8. The Hall–Kier alpha value is -0.830. The van der Waals surface area contributed by atoms with E-state index in [-0.39, 0.29) is 28.8 Å². The normalized spacial score (nSPS) is 50.2. The molecule has 0 saturated heterocycles. The number of fused-ring (bicyclic) bond motifs is 5. The number of aliphatic hydroxyl groups excluding tert-OH is 1. The summed E-state index contributed by atoms with van der Waals surface area (Å²) in [5.41, 5.74) is 1.94. The molecule has 0 unspecified atom stereocenters. The third kappa shape index (κ3) is 2.44. The van der Waals surface area contributed by atoms with Gasteiger partial charge in [-0.2, -0.15) is 0 Å². The minimum Gasteiger partial charge on any atom is -0.550 e. The van der Waals surface area contributed by atoms with Gasteiger partial charge in [-0.1, -0.05) is 32.4 Å². The summed E-state index contributed by atoms with van der Waals surface area (Å²) >= 11 is 0. The fourth-order valence-electron chi connectivity index (χ4n) is 7.67. The third-order valence-electron chi connectivity index (χ3n) is 9.13. The molecule has 140 valence electrons. The van der Waals surface area contributed by atoms with Crippen LogP contribution in [0.15, 0.2) is 11.6 Å². The Labute approximate surface area is 151 Å². The van der Waals surface area contributed by atoms with E-state index in [9.17, 15) is 15.0 Å². The van der Waals surface area contributed by atoms with Gasteiger partial charge in [0.05, 0.1) is 6.10 Å². The molecule has 0 aliphatic heterocycles. The van der Waals surface area contributed by atoms with Crippen LogP contribution in [-0.2, 0) is 4.79 Å². The van der Waals surface area contributed by atoms with Crippen molar-refractivity contribution in [1.82, 2.24) is 0 Å². The maximum absolute atomic E-state index is 11.5. The van der Waals surface area contributed by atoms with E-state index in [0.717, 1.165) is 44.4 Å². The zero-order valence-electron chi connectivity index (χ0n) is 16.0. The van der Waals surface area contributed by atoms with E-state index in [1.54, 1.807) is 0 Å². The Morgan fingerprint density at radius 2 is 1.96 bits per heavy atom. The van der Waals surface area contributed by atoms with Crippen LogP contribution in [0.5, 0.6) is 0 Å². The van der Waals surface area contributed by atoms with Crippen LogP contribution in [0.4, 0.5) is 0 Å². The van der Waals surface area contributed by atoms with E-state index >= 15 is 0 Å². The zero-order valence-corrected chi connectivity index (χ0v) is 16.0. The van der Waals surface area contributed by atoms with Gasteiger partial charge in [0.1, 0.15) is 0 Å². The Morgan fingerprint density at radius 3 is 2.68 bits per heavy atom. The van der Waals surface area contributed by atoms with Crippen LogP contribution >= 0.6 is 0 Å². The Morgan fingerprint density at radius 1 is 1.20 bits per heavy atom. The summed E-state index contributed by atoms with van der Waals surface area (Å²) in [7, 11) is 0. The molecule has 25 heavy (non-hydrogen) atoms. The summed E-state index contributed by atoms with van der Waals surface area (Å²) < 4.78 is 0. The fraction of sp³-hybridized carbons (Fsp3) is 0.864. The molecule has 0 aromatic rings. The number of carboxylic acids is 1. The maximum Gasteiger partial charge on any atom is 0.0577 e. The number of carbonyl (C=O) groups excluding carboxylic acids is 1. The first kappa shape index (κ1) is 17.6. The molecule has 0 spiro atoms. The topological polar surface area (TPSA) is 60.4 Å². The number of allylic oxidation sites excluding steroid dienone is 1. The Kier molecular flexibility index (Phi) is 4.10. The molecular weight excluding hydrogens is 312 g/mol. The van der Waals surface area contributed by atoms with Gasteiger partial charge in [0.2, 0.25) is 0 Å². The smallest absolute Gasteiger partial charge is 0.0577 e. The number of aliphatic carboxylic acids is 1. The molecule has 8 atom stereocenters. The summed E-state index contributed by atoms with van der Waals surface area (Å²) in [6.45, 7) is 6.68. The molecule has 4 rings (SSSR count). The molecular formula is C22H33O3-. The Bertz CT molecular complexity index is 596. The summed E-state index contributed by atoms with van der Waals surface area (Å²) in [6, 6.07) is 0. The first-order valence-corrected chi connectivity index (χ1v) is 10.4. The van der Waals surface area contributed by atoms with Gasteiger partial charge in [0.25, 0.3) is 0 Å². The van der Waals surface area contributed by atoms with Crippen molar-refractivity contribution in [3.8, 4) is 0 Å². The molecule has 0 amide bonds. The second-order valence-corrected chi connectivity index (χ2v) is 9.99. The summed E-state index contributed by atoms with van der Waals surface area (Å²) in [5, 5.41) is 21.6. The highest BCUT2D eigenvalue weighted by molar-refractivity contribution is 5.67. The van der Waals surface area contributed by atoms with E-state index in [0.29, 0.717) is 11.8 Å². The number of hydrogen-bond donors (Lipinski definition) is 1. The molecule has 3 nitrogen and oxygen atoms in total. The van der Waals surface area contributed by atoms with Gasteiger partial charge in [-0.3, -0.25) is 0 Å². The monoisotopic (exact) mass is 345 g/mol. The lowest BCUT2D eigenvalue weighted by Crippen LogP contribution is -2.51. The van der Waals surface area contributed by atoms with Crippen LogP contribution in [0.3, 0.4) is 0 Å². The third-order valence-corrected chi connectivity index (χ3v) is 9.13. The second-order valence-electron chi connectivity index (χ2n) is 9.99. The average molecular weight is 346 g/mol. The minimum atomic E-state index is -0.868. The second kappa shape index (κ2) is 5.84. The largest absolute Gasteiger partial charge is 0.550 e. The van der Waals surface area contributed by atoms with E-state index in [1.807, 2.05) is 6.92 Å². The minimum absolute atomic E-state index is 0.149. The highest BCUT2D eigenvalue weighted by atomic mass is 16.4. The van der Waals surface area contributed by atoms with Gasteiger partial charge in [-0.05, 0) is 91.8 Å².